The molecule has 0 spiro atoms. The lowest BCUT2D eigenvalue weighted by Crippen LogP contribution is -2.25. The van der Waals surface area contributed by atoms with Crippen molar-refractivity contribution in [1.82, 2.24) is 4.72 Å². The van der Waals surface area contributed by atoms with E-state index in [1.54, 1.807) is 12.1 Å². The number of rotatable bonds is 5. The highest BCUT2D eigenvalue weighted by molar-refractivity contribution is 9.10. The maximum absolute atomic E-state index is 11.9. The third kappa shape index (κ3) is 4.14. The zero-order chi connectivity index (χ0) is 12.9. The molecule has 1 aromatic rings. The summed E-state index contributed by atoms with van der Waals surface area (Å²) >= 11 is 3.20. The minimum atomic E-state index is -3.50. The molecule has 3 N–H and O–H groups in total. The average Bonchev–Trinajstić information content (AvgIpc) is 2.28. The highest BCUT2D eigenvalue weighted by atomic mass is 79.9. The molecular weight excluding hydrogens is 304 g/mol. The second-order valence-corrected chi connectivity index (χ2v) is 6.04. The minimum Gasteiger partial charge on any atom is -0.399 e. The molecule has 0 aliphatic rings. The van der Waals surface area contributed by atoms with Gasteiger partial charge in [0.1, 0.15) is 0 Å². The largest absolute Gasteiger partial charge is 0.399 e. The van der Waals surface area contributed by atoms with Crippen LogP contribution in [0.4, 0.5) is 5.69 Å². The summed E-state index contributed by atoms with van der Waals surface area (Å²) in [5.41, 5.74) is 5.99. The van der Waals surface area contributed by atoms with Crippen molar-refractivity contribution in [1.29, 1.82) is 0 Å². The van der Waals surface area contributed by atoms with Gasteiger partial charge in [0.2, 0.25) is 10.0 Å². The summed E-state index contributed by atoms with van der Waals surface area (Å²) in [6, 6.07) is 4.70. The predicted octanol–water partition coefficient (Wildman–Crippen LogP) is 2.28. The highest BCUT2D eigenvalue weighted by Crippen LogP contribution is 2.23. The summed E-state index contributed by atoms with van der Waals surface area (Å²) in [6.07, 6.45) is 4.44. The van der Waals surface area contributed by atoms with Gasteiger partial charge in [-0.1, -0.05) is 12.2 Å². The van der Waals surface area contributed by atoms with E-state index in [-0.39, 0.29) is 4.90 Å². The Morgan fingerprint density at radius 1 is 1.47 bits per heavy atom. The van der Waals surface area contributed by atoms with Crippen LogP contribution < -0.4 is 10.5 Å². The van der Waals surface area contributed by atoms with Crippen LogP contribution in [-0.4, -0.2) is 15.0 Å². The number of halogens is 1. The van der Waals surface area contributed by atoms with Gasteiger partial charge < -0.3 is 5.73 Å². The fourth-order valence-electron chi connectivity index (χ4n) is 1.25. The number of hydrogen-bond donors (Lipinski definition) is 2. The van der Waals surface area contributed by atoms with Gasteiger partial charge in [-0.15, -0.1) is 0 Å². The Balaban J connectivity index is 2.86. The second-order valence-electron chi connectivity index (χ2n) is 3.45. The van der Waals surface area contributed by atoms with Crippen LogP contribution in [0.25, 0.3) is 0 Å². The Kier molecular flexibility index (Phi) is 5.17. The summed E-state index contributed by atoms with van der Waals surface area (Å²) < 4.78 is 26.9. The van der Waals surface area contributed by atoms with Gasteiger partial charge in [-0.25, -0.2) is 13.1 Å². The molecule has 0 radical (unpaired) electrons. The van der Waals surface area contributed by atoms with Crippen LogP contribution >= 0.6 is 15.9 Å². The van der Waals surface area contributed by atoms with E-state index in [2.05, 4.69) is 20.7 Å². The fourth-order valence-corrected chi connectivity index (χ4v) is 3.29. The van der Waals surface area contributed by atoms with Crippen molar-refractivity contribution in [3.05, 3.63) is 34.8 Å². The third-order valence-electron chi connectivity index (χ3n) is 2.08. The molecule has 4 nitrogen and oxygen atoms in total. The molecule has 94 valence electrons. The molecule has 0 saturated heterocycles. The second kappa shape index (κ2) is 6.18. The van der Waals surface area contributed by atoms with E-state index in [0.29, 0.717) is 23.1 Å². The summed E-state index contributed by atoms with van der Waals surface area (Å²) in [5, 5.41) is 0. The van der Waals surface area contributed by atoms with E-state index in [9.17, 15) is 8.42 Å². The number of benzene rings is 1. The number of nitrogens with one attached hydrogen (secondary N) is 1. The van der Waals surface area contributed by atoms with Crippen molar-refractivity contribution < 1.29 is 8.42 Å². The van der Waals surface area contributed by atoms with Crippen molar-refractivity contribution in [3.63, 3.8) is 0 Å². The topological polar surface area (TPSA) is 72.2 Å². The van der Waals surface area contributed by atoms with Crippen LogP contribution in [0.2, 0.25) is 0 Å². The molecule has 0 heterocycles. The number of nitrogens with two attached hydrogens (primary N) is 1. The van der Waals surface area contributed by atoms with E-state index in [1.165, 1.54) is 6.07 Å². The zero-order valence-corrected chi connectivity index (χ0v) is 11.9. The Hall–Kier alpha value is -0.850. The monoisotopic (exact) mass is 318 g/mol. The Morgan fingerprint density at radius 2 is 2.18 bits per heavy atom. The van der Waals surface area contributed by atoms with Gasteiger partial charge in [0.05, 0.1) is 4.90 Å². The molecule has 0 aromatic heterocycles. The van der Waals surface area contributed by atoms with Gasteiger partial charge in [-0.3, -0.25) is 0 Å². The van der Waals surface area contributed by atoms with Crippen LogP contribution in [-0.2, 0) is 10.0 Å². The van der Waals surface area contributed by atoms with E-state index in [0.717, 1.165) is 0 Å². The van der Waals surface area contributed by atoms with Gasteiger partial charge in [-0.05, 0) is 47.5 Å². The quantitative estimate of drug-likeness (QED) is 0.497. The normalized spacial score (nSPS) is 12.1. The summed E-state index contributed by atoms with van der Waals surface area (Å²) in [6.45, 7) is 2.26. The first-order valence-electron chi connectivity index (χ1n) is 5.13. The number of hydrogen-bond acceptors (Lipinski definition) is 3. The lowest BCUT2D eigenvalue weighted by atomic mass is 10.3. The standard InChI is InChI=1S/C11H15BrN2O2S/c1-2-3-4-7-14-17(15,16)11-8-9(13)5-6-10(11)12/h2-3,5-6,8,14H,4,7,13H2,1H3/b3-2+. The minimum absolute atomic E-state index is 0.165. The molecular formula is C11H15BrN2O2S. The molecule has 0 atom stereocenters. The number of nitrogen functional groups attached to an aromatic ring is 1. The SMILES string of the molecule is C/C=C/CCNS(=O)(=O)c1cc(N)ccc1Br. The highest BCUT2D eigenvalue weighted by Gasteiger charge is 2.16. The molecule has 0 amide bonds. The molecule has 0 aliphatic heterocycles. The van der Waals surface area contributed by atoms with Gasteiger partial charge in [0.15, 0.2) is 0 Å². The van der Waals surface area contributed by atoms with Crippen LogP contribution in [0, 0.1) is 0 Å². The Labute approximate surface area is 110 Å². The van der Waals surface area contributed by atoms with Crippen LogP contribution in [0.15, 0.2) is 39.7 Å². The molecule has 0 unspecified atom stereocenters. The summed E-state index contributed by atoms with van der Waals surface area (Å²) in [7, 11) is -3.50. The maximum Gasteiger partial charge on any atom is 0.241 e. The maximum atomic E-state index is 11.9. The van der Waals surface area contributed by atoms with Gasteiger partial charge in [0.25, 0.3) is 0 Å². The number of allylic oxidation sites excluding steroid dienone is 1. The first-order chi connectivity index (χ1) is 7.97. The smallest absolute Gasteiger partial charge is 0.241 e. The first-order valence-corrected chi connectivity index (χ1v) is 7.41. The average molecular weight is 319 g/mol. The van der Waals surface area contributed by atoms with Gasteiger partial charge in [-0.2, -0.15) is 0 Å². The van der Waals surface area contributed by atoms with Crippen molar-refractivity contribution in [2.45, 2.75) is 18.2 Å². The Morgan fingerprint density at radius 3 is 2.82 bits per heavy atom. The third-order valence-corrected chi connectivity index (χ3v) is 4.54. The fraction of sp³-hybridized carbons (Fsp3) is 0.273. The molecule has 0 saturated carbocycles. The summed E-state index contributed by atoms with van der Waals surface area (Å²) in [4.78, 5) is 0.165. The molecule has 0 bridgehead atoms. The molecule has 6 heteroatoms. The van der Waals surface area contributed by atoms with Gasteiger partial charge in [0, 0.05) is 16.7 Å². The van der Waals surface area contributed by atoms with Crippen molar-refractivity contribution in [3.8, 4) is 0 Å². The number of anilines is 1. The van der Waals surface area contributed by atoms with E-state index >= 15 is 0 Å². The van der Waals surface area contributed by atoms with Crippen molar-refractivity contribution in [2.75, 3.05) is 12.3 Å². The van der Waals surface area contributed by atoms with Crippen LogP contribution in [0.1, 0.15) is 13.3 Å². The molecule has 0 fully saturated rings. The number of sulfonamides is 1. The van der Waals surface area contributed by atoms with E-state index < -0.39 is 10.0 Å². The van der Waals surface area contributed by atoms with E-state index in [1.807, 2.05) is 19.1 Å². The van der Waals surface area contributed by atoms with Gasteiger partial charge >= 0.3 is 0 Å². The lowest BCUT2D eigenvalue weighted by molar-refractivity contribution is 0.581. The van der Waals surface area contributed by atoms with Crippen molar-refractivity contribution >= 4 is 31.6 Å². The molecule has 17 heavy (non-hydrogen) atoms. The lowest BCUT2D eigenvalue weighted by Gasteiger charge is -2.08. The molecule has 1 aromatic carbocycles. The van der Waals surface area contributed by atoms with Crippen LogP contribution in [0.5, 0.6) is 0 Å². The van der Waals surface area contributed by atoms with Crippen LogP contribution in [0.3, 0.4) is 0 Å². The molecule has 0 aliphatic carbocycles. The zero-order valence-electron chi connectivity index (χ0n) is 9.48. The Bertz CT molecular complexity index is 512. The molecule has 1 rings (SSSR count). The summed E-state index contributed by atoms with van der Waals surface area (Å²) in [5.74, 6) is 0. The van der Waals surface area contributed by atoms with E-state index in [4.69, 9.17) is 5.73 Å². The predicted molar refractivity (Wildman–Crippen MR) is 73.2 cm³/mol. The first kappa shape index (κ1) is 14.2. The van der Waals surface area contributed by atoms with Crippen molar-refractivity contribution in [2.24, 2.45) is 0 Å².